The van der Waals surface area contributed by atoms with E-state index in [1.165, 1.54) is 18.3 Å². The smallest absolute Gasteiger partial charge is 0.271 e. The van der Waals surface area contributed by atoms with Crippen LogP contribution in [0.5, 0.6) is 11.5 Å². The van der Waals surface area contributed by atoms with Gasteiger partial charge in [0.1, 0.15) is 11.5 Å². The first kappa shape index (κ1) is 24.3. The summed E-state index contributed by atoms with van der Waals surface area (Å²) in [4.78, 5) is 23.6. The second-order valence-electron chi connectivity index (χ2n) is 7.14. The molecule has 4 rings (SSSR count). The molecule has 0 saturated heterocycles. The monoisotopic (exact) mass is 550 g/mol. The zero-order valence-corrected chi connectivity index (χ0v) is 20.3. The van der Waals surface area contributed by atoms with Crippen LogP contribution >= 0.6 is 15.9 Å². The van der Waals surface area contributed by atoms with Crippen LogP contribution in [0.25, 0.3) is 0 Å². The molecule has 0 radical (unpaired) electrons. The molecule has 182 valence electrons. The lowest BCUT2D eigenvalue weighted by atomic mass is 10.2. The standard InChI is InChI=1S/C23H19BrN8O4/c1-36-18-9-7-16(8-10-18)27-22-28-21(26-15-5-3-2-4-6-15)29-23(30-22)31-25-13-14-11-17(32(34)35)12-19(24)20(14)33/h2-13,33H,1H3,(H3,26,27,28,29,30,31)/b25-13-. The first-order valence-electron chi connectivity index (χ1n) is 10.4. The van der Waals surface area contributed by atoms with E-state index < -0.39 is 4.92 Å². The summed E-state index contributed by atoms with van der Waals surface area (Å²) in [6, 6.07) is 18.9. The Bertz CT molecular complexity index is 1400. The number of ether oxygens (including phenoxy) is 1. The number of para-hydroxylation sites is 1. The number of hydrazone groups is 1. The molecule has 4 aromatic rings. The van der Waals surface area contributed by atoms with Gasteiger partial charge < -0.3 is 20.5 Å². The van der Waals surface area contributed by atoms with E-state index in [4.69, 9.17) is 4.74 Å². The summed E-state index contributed by atoms with van der Waals surface area (Å²) >= 11 is 3.10. The van der Waals surface area contributed by atoms with Crippen molar-refractivity contribution in [2.75, 3.05) is 23.2 Å². The summed E-state index contributed by atoms with van der Waals surface area (Å²) in [7, 11) is 1.58. The van der Waals surface area contributed by atoms with E-state index in [1.54, 1.807) is 31.4 Å². The predicted octanol–water partition coefficient (Wildman–Crippen LogP) is 5.19. The van der Waals surface area contributed by atoms with Crippen molar-refractivity contribution in [1.82, 2.24) is 15.0 Å². The van der Waals surface area contributed by atoms with Gasteiger partial charge in [-0.25, -0.2) is 5.43 Å². The van der Waals surface area contributed by atoms with E-state index in [0.29, 0.717) is 11.4 Å². The Labute approximate surface area is 213 Å². The van der Waals surface area contributed by atoms with Gasteiger partial charge in [0.25, 0.3) is 5.69 Å². The number of rotatable bonds is 9. The Kier molecular flexibility index (Phi) is 7.51. The second kappa shape index (κ2) is 11.1. The molecule has 0 spiro atoms. The van der Waals surface area contributed by atoms with Crippen molar-refractivity contribution >= 4 is 57.1 Å². The van der Waals surface area contributed by atoms with Gasteiger partial charge in [-0.2, -0.15) is 20.1 Å². The second-order valence-corrected chi connectivity index (χ2v) is 8.00. The number of nitrogens with zero attached hydrogens (tertiary/aromatic N) is 5. The highest BCUT2D eigenvalue weighted by atomic mass is 79.9. The number of hydrogen-bond acceptors (Lipinski definition) is 11. The Balaban J connectivity index is 1.60. The lowest BCUT2D eigenvalue weighted by molar-refractivity contribution is -0.385. The maximum absolute atomic E-state index is 11.1. The molecule has 13 heteroatoms. The minimum atomic E-state index is -0.570. The minimum absolute atomic E-state index is 0.0830. The Morgan fingerprint density at radius 3 is 2.19 bits per heavy atom. The third kappa shape index (κ3) is 6.21. The number of nitro groups is 1. The van der Waals surface area contributed by atoms with Gasteiger partial charge in [0.15, 0.2) is 0 Å². The zero-order valence-electron chi connectivity index (χ0n) is 18.7. The molecule has 1 heterocycles. The number of non-ortho nitro benzene ring substituents is 1. The molecule has 0 fully saturated rings. The summed E-state index contributed by atoms with van der Waals surface area (Å²) in [6.07, 6.45) is 1.22. The molecular formula is C23H19BrN8O4. The third-order valence-electron chi connectivity index (χ3n) is 4.67. The number of anilines is 5. The number of nitrogens with one attached hydrogen (secondary N) is 3. The van der Waals surface area contributed by atoms with Gasteiger partial charge in [-0.3, -0.25) is 10.1 Å². The van der Waals surface area contributed by atoms with Crippen LogP contribution in [0, 0.1) is 10.1 Å². The third-order valence-corrected chi connectivity index (χ3v) is 5.27. The van der Waals surface area contributed by atoms with Crippen LogP contribution in [0.2, 0.25) is 0 Å². The molecule has 12 nitrogen and oxygen atoms in total. The van der Waals surface area contributed by atoms with Crippen LogP contribution in [-0.4, -0.2) is 38.3 Å². The van der Waals surface area contributed by atoms with E-state index in [0.717, 1.165) is 5.69 Å². The molecule has 0 unspecified atom stereocenters. The van der Waals surface area contributed by atoms with E-state index in [2.05, 4.69) is 52.0 Å². The van der Waals surface area contributed by atoms with Gasteiger partial charge in [0.05, 0.1) is 22.7 Å². The highest BCUT2D eigenvalue weighted by Gasteiger charge is 2.14. The van der Waals surface area contributed by atoms with Crippen molar-refractivity contribution in [3.63, 3.8) is 0 Å². The predicted molar refractivity (Wildman–Crippen MR) is 140 cm³/mol. The molecule has 36 heavy (non-hydrogen) atoms. The number of benzene rings is 3. The summed E-state index contributed by atoms with van der Waals surface area (Å²) in [5.41, 5.74) is 4.07. The fraction of sp³-hybridized carbons (Fsp3) is 0.0435. The maximum Gasteiger partial charge on any atom is 0.271 e. The number of hydrogen-bond donors (Lipinski definition) is 4. The van der Waals surface area contributed by atoms with Crippen LogP contribution < -0.4 is 20.8 Å². The molecule has 4 N–H and O–H groups in total. The largest absolute Gasteiger partial charge is 0.506 e. The SMILES string of the molecule is COc1ccc(Nc2nc(N/N=C\c3cc([N+](=O)[O-])cc(Br)c3O)nc(Nc3ccccc3)n2)cc1. The van der Waals surface area contributed by atoms with Crippen LogP contribution in [0.3, 0.4) is 0 Å². The van der Waals surface area contributed by atoms with Gasteiger partial charge in [0, 0.05) is 29.1 Å². The van der Waals surface area contributed by atoms with Gasteiger partial charge >= 0.3 is 0 Å². The molecule has 0 saturated carbocycles. The number of aromatic nitrogens is 3. The molecular weight excluding hydrogens is 532 g/mol. The van der Waals surface area contributed by atoms with Crippen molar-refractivity contribution in [3.05, 3.63) is 86.9 Å². The molecule has 1 aromatic heterocycles. The number of halogens is 1. The van der Waals surface area contributed by atoms with Crippen molar-refractivity contribution in [2.45, 2.75) is 0 Å². The van der Waals surface area contributed by atoms with Crippen molar-refractivity contribution in [2.24, 2.45) is 5.10 Å². The Morgan fingerprint density at radius 1 is 0.972 bits per heavy atom. The van der Waals surface area contributed by atoms with Crippen LogP contribution in [0.15, 0.2) is 76.3 Å². The lowest BCUT2D eigenvalue weighted by Crippen LogP contribution is -2.07. The molecule has 0 aliphatic carbocycles. The fourth-order valence-electron chi connectivity index (χ4n) is 2.96. The first-order chi connectivity index (χ1) is 17.4. The molecule has 0 amide bonds. The average molecular weight is 551 g/mol. The van der Waals surface area contributed by atoms with Crippen molar-refractivity contribution < 1.29 is 14.8 Å². The van der Waals surface area contributed by atoms with Crippen LogP contribution in [0.4, 0.5) is 34.9 Å². The topological polar surface area (TPSA) is 160 Å². The lowest BCUT2D eigenvalue weighted by Gasteiger charge is -2.10. The Morgan fingerprint density at radius 2 is 1.58 bits per heavy atom. The van der Waals surface area contributed by atoms with Gasteiger partial charge in [-0.05, 0) is 52.3 Å². The van der Waals surface area contributed by atoms with Crippen LogP contribution in [0.1, 0.15) is 5.56 Å². The average Bonchev–Trinajstić information content (AvgIpc) is 2.87. The number of phenolic OH excluding ortho intramolecular Hbond substituents is 1. The number of nitro benzene ring substituents is 1. The van der Waals surface area contributed by atoms with Crippen molar-refractivity contribution in [3.8, 4) is 11.5 Å². The molecule has 0 bridgehead atoms. The quantitative estimate of drug-likeness (QED) is 0.124. The van der Waals surface area contributed by atoms with Crippen LogP contribution in [-0.2, 0) is 0 Å². The summed E-state index contributed by atoms with van der Waals surface area (Å²) in [6.45, 7) is 0. The fourth-order valence-corrected chi connectivity index (χ4v) is 3.42. The highest BCUT2D eigenvalue weighted by molar-refractivity contribution is 9.10. The summed E-state index contributed by atoms with van der Waals surface area (Å²) < 4.78 is 5.34. The zero-order chi connectivity index (χ0) is 25.5. The summed E-state index contributed by atoms with van der Waals surface area (Å²) in [5, 5.41) is 31.5. The number of methoxy groups -OCH3 is 1. The minimum Gasteiger partial charge on any atom is -0.506 e. The highest BCUT2D eigenvalue weighted by Crippen LogP contribution is 2.31. The van der Waals surface area contributed by atoms with Crippen molar-refractivity contribution in [1.29, 1.82) is 0 Å². The van der Waals surface area contributed by atoms with Gasteiger partial charge in [-0.15, -0.1) is 0 Å². The van der Waals surface area contributed by atoms with E-state index in [-0.39, 0.29) is 39.3 Å². The summed E-state index contributed by atoms with van der Waals surface area (Å²) in [5.74, 6) is 1.06. The number of aromatic hydroxyl groups is 1. The van der Waals surface area contributed by atoms with Gasteiger partial charge in [-0.1, -0.05) is 18.2 Å². The first-order valence-corrected chi connectivity index (χ1v) is 11.2. The maximum atomic E-state index is 11.1. The van der Waals surface area contributed by atoms with E-state index >= 15 is 0 Å². The van der Waals surface area contributed by atoms with E-state index in [1.807, 2.05) is 30.3 Å². The van der Waals surface area contributed by atoms with Gasteiger partial charge in [0.2, 0.25) is 17.8 Å². The molecule has 3 aromatic carbocycles. The molecule has 0 aliphatic rings. The number of phenols is 1. The normalized spacial score (nSPS) is 10.7. The van der Waals surface area contributed by atoms with E-state index in [9.17, 15) is 15.2 Å². The molecule has 0 atom stereocenters. The molecule has 0 aliphatic heterocycles. The Hall–Kier alpha value is -4.78.